The maximum Gasteiger partial charge on any atom is 0.199 e. The van der Waals surface area contributed by atoms with Gasteiger partial charge in [-0.2, -0.15) is 11.8 Å². The number of rotatable bonds is 2. The van der Waals surface area contributed by atoms with Gasteiger partial charge in [-0.25, -0.2) is 4.98 Å². The number of hydrogen-bond acceptors (Lipinski definition) is 4. The second kappa shape index (κ2) is 4.41. The summed E-state index contributed by atoms with van der Waals surface area (Å²) in [4.78, 5) is 4.75. The highest BCUT2D eigenvalue weighted by Gasteiger charge is 2.27. The van der Waals surface area contributed by atoms with Crippen molar-refractivity contribution in [1.29, 1.82) is 0 Å². The molecule has 2 unspecified atom stereocenters. The number of hydrogen-bond donors (Lipinski definition) is 1. The lowest BCUT2D eigenvalue weighted by molar-refractivity contribution is 0.438. The highest BCUT2D eigenvalue weighted by molar-refractivity contribution is 7.99. The van der Waals surface area contributed by atoms with Gasteiger partial charge in [-0.3, -0.25) is 0 Å². The second-order valence-electron chi connectivity index (χ2n) is 4.74. The normalized spacial score (nSPS) is 30.1. The van der Waals surface area contributed by atoms with Crippen LogP contribution in [0.15, 0.2) is 4.42 Å². The first-order valence-electron chi connectivity index (χ1n) is 6.10. The van der Waals surface area contributed by atoms with Crippen molar-refractivity contribution in [3.8, 4) is 0 Å². The number of aromatic nitrogens is 1. The first-order valence-corrected chi connectivity index (χ1v) is 7.25. The van der Waals surface area contributed by atoms with Crippen molar-refractivity contribution in [3.63, 3.8) is 0 Å². The average molecular weight is 238 g/mol. The van der Waals surface area contributed by atoms with Crippen LogP contribution < -0.4 is 5.32 Å². The molecule has 0 aliphatic carbocycles. The first-order chi connectivity index (χ1) is 7.84. The Morgan fingerprint density at radius 1 is 1.38 bits per heavy atom. The molecule has 0 aromatic carbocycles. The van der Waals surface area contributed by atoms with Gasteiger partial charge in [-0.05, 0) is 32.1 Å². The summed E-state index contributed by atoms with van der Waals surface area (Å²) < 4.78 is 5.85. The summed E-state index contributed by atoms with van der Waals surface area (Å²) in [6.07, 6.45) is 2.43. The molecule has 1 aromatic rings. The monoisotopic (exact) mass is 238 g/mol. The standard InChI is InChI=1S/C12H18N2OS/c1-8-11(10-3-5-16-7-10)14-12(15-8)9-2-4-13-6-9/h9-10,13H,2-7H2,1H3. The zero-order valence-electron chi connectivity index (χ0n) is 9.66. The van der Waals surface area contributed by atoms with Gasteiger partial charge in [0.2, 0.25) is 0 Å². The van der Waals surface area contributed by atoms with E-state index in [9.17, 15) is 0 Å². The molecule has 2 aliphatic rings. The van der Waals surface area contributed by atoms with Crippen molar-refractivity contribution in [2.45, 2.75) is 31.6 Å². The predicted molar refractivity (Wildman–Crippen MR) is 66.2 cm³/mol. The van der Waals surface area contributed by atoms with Gasteiger partial charge in [0.05, 0.1) is 5.69 Å². The van der Waals surface area contributed by atoms with Crippen molar-refractivity contribution in [3.05, 3.63) is 17.3 Å². The fourth-order valence-electron chi connectivity index (χ4n) is 2.60. The zero-order valence-corrected chi connectivity index (χ0v) is 10.5. The first kappa shape index (κ1) is 10.7. The Hall–Kier alpha value is -0.480. The van der Waals surface area contributed by atoms with Crippen LogP contribution in [0.4, 0.5) is 0 Å². The minimum absolute atomic E-state index is 0.501. The Morgan fingerprint density at radius 2 is 2.31 bits per heavy atom. The average Bonchev–Trinajstić information content (AvgIpc) is 2.97. The Labute approximate surface area is 100 Å². The topological polar surface area (TPSA) is 38.1 Å². The van der Waals surface area contributed by atoms with E-state index in [1.54, 1.807) is 0 Å². The van der Waals surface area contributed by atoms with Crippen LogP contribution in [0.5, 0.6) is 0 Å². The Morgan fingerprint density at radius 3 is 3.00 bits per heavy atom. The van der Waals surface area contributed by atoms with Crippen molar-refractivity contribution >= 4 is 11.8 Å². The van der Waals surface area contributed by atoms with Gasteiger partial charge in [0, 0.05) is 24.1 Å². The maximum atomic E-state index is 5.85. The quantitative estimate of drug-likeness (QED) is 0.858. The van der Waals surface area contributed by atoms with Crippen molar-refractivity contribution in [2.24, 2.45) is 0 Å². The molecule has 3 rings (SSSR count). The number of nitrogens with zero attached hydrogens (tertiary/aromatic N) is 1. The summed E-state index contributed by atoms with van der Waals surface area (Å²) >= 11 is 2.03. The van der Waals surface area contributed by atoms with Crippen molar-refractivity contribution in [2.75, 3.05) is 24.6 Å². The molecule has 2 fully saturated rings. The van der Waals surface area contributed by atoms with E-state index < -0.39 is 0 Å². The van der Waals surface area contributed by atoms with Crippen LogP contribution in [-0.4, -0.2) is 29.6 Å². The fraction of sp³-hybridized carbons (Fsp3) is 0.750. The van der Waals surface area contributed by atoms with Gasteiger partial charge in [-0.1, -0.05) is 0 Å². The van der Waals surface area contributed by atoms with Crippen LogP contribution in [0.1, 0.15) is 42.0 Å². The molecule has 88 valence electrons. The highest BCUT2D eigenvalue weighted by atomic mass is 32.2. The van der Waals surface area contributed by atoms with Gasteiger partial charge in [0.1, 0.15) is 5.76 Å². The van der Waals surface area contributed by atoms with E-state index in [-0.39, 0.29) is 0 Å². The summed E-state index contributed by atoms with van der Waals surface area (Å²) in [6, 6.07) is 0. The van der Waals surface area contributed by atoms with Crippen LogP contribution in [-0.2, 0) is 0 Å². The summed E-state index contributed by atoms with van der Waals surface area (Å²) in [5.41, 5.74) is 1.23. The maximum absolute atomic E-state index is 5.85. The predicted octanol–water partition coefficient (Wildman–Crippen LogP) is 2.28. The molecule has 0 radical (unpaired) electrons. The third kappa shape index (κ3) is 1.89. The Balaban J connectivity index is 1.83. The molecule has 0 amide bonds. The van der Waals surface area contributed by atoms with Crippen molar-refractivity contribution in [1.82, 2.24) is 10.3 Å². The van der Waals surface area contributed by atoms with Crippen LogP contribution in [0.25, 0.3) is 0 Å². The molecule has 2 aliphatic heterocycles. The summed E-state index contributed by atoms with van der Waals surface area (Å²) in [5, 5.41) is 3.36. The smallest absolute Gasteiger partial charge is 0.199 e. The number of oxazole rings is 1. The van der Waals surface area contributed by atoms with E-state index in [2.05, 4.69) is 12.2 Å². The Kier molecular flexibility index (Phi) is 2.94. The van der Waals surface area contributed by atoms with E-state index in [0.717, 1.165) is 24.7 Å². The van der Waals surface area contributed by atoms with Gasteiger partial charge in [0.25, 0.3) is 0 Å². The molecular formula is C12H18N2OS. The van der Waals surface area contributed by atoms with E-state index in [4.69, 9.17) is 9.40 Å². The SMILES string of the molecule is Cc1oc(C2CCNC2)nc1C1CCSC1. The van der Waals surface area contributed by atoms with Crippen LogP contribution in [0.3, 0.4) is 0 Å². The lowest BCUT2D eigenvalue weighted by Crippen LogP contribution is -2.08. The third-order valence-corrected chi connectivity index (χ3v) is 4.74. The lowest BCUT2D eigenvalue weighted by Gasteiger charge is -2.03. The minimum Gasteiger partial charge on any atom is -0.445 e. The summed E-state index contributed by atoms with van der Waals surface area (Å²) in [6.45, 7) is 4.19. The molecule has 4 heteroatoms. The summed E-state index contributed by atoms with van der Waals surface area (Å²) in [7, 11) is 0. The molecule has 1 aromatic heterocycles. The molecule has 16 heavy (non-hydrogen) atoms. The zero-order chi connectivity index (χ0) is 11.0. The fourth-order valence-corrected chi connectivity index (χ4v) is 3.83. The van der Waals surface area contributed by atoms with Crippen LogP contribution in [0.2, 0.25) is 0 Å². The van der Waals surface area contributed by atoms with Crippen molar-refractivity contribution < 1.29 is 4.42 Å². The molecule has 1 N–H and O–H groups in total. The number of aryl methyl sites for hydroxylation is 1. The molecular weight excluding hydrogens is 220 g/mol. The molecule has 0 saturated carbocycles. The van der Waals surface area contributed by atoms with E-state index in [1.807, 2.05) is 11.8 Å². The lowest BCUT2D eigenvalue weighted by atomic mass is 10.0. The number of nitrogens with one attached hydrogen (secondary N) is 1. The Bertz CT molecular complexity index is 365. The number of thioether (sulfide) groups is 1. The third-order valence-electron chi connectivity index (χ3n) is 3.57. The molecule has 3 nitrogen and oxygen atoms in total. The minimum atomic E-state index is 0.501. The summed E-state index contributed by atoms with van der Waals surface area (Å²) in [5.74, 6) is 5.65. The van der Waals surface area contributed by atoms with Gasteiger partial charge in [-0.15, -0.1) is 0 Å². The highest BCUT2D eigenvalue weighted by Crippen LogP contribution is 2.35. The second-order valence-corrected chi connectivity index (χ2v) is 5.89. The van der Waals surface area contributed by atoms with Gasteiger partial charge in [0.15, 0.2) is 5.89 Å². The van der Waals surface area contributed by atoms with E-state index >= 15 is 0 Å². The van der Waals surface area contributed by atoms with E-state index in [0.29, 0.717) is 11.8 Å². The largest absolute Gasteiger partial charge is 0.445 e. The molecule has 0 bridgehead atoms. The van der Waals surface area contributed by atoms with Crippen LogP contribution >= 0.6 is 11.8 Å². The molecule has 2 atom stereocenters. The molecule has 2 saturated heterocycles. The van der Waals surface area contributed by atoms with Gasteiger partial charge >= 0.3 is 0 Å². The van der Waals surface area contributed by atoms with E-state index in [1.165, 1.54) is 30.0 Å². The molecule has 3 heterocycles. The van der Waals surface area contributed by atoms with Crippen LogP contribution in [0, 0.1) is 6.92 Å². The molecule has 0 spiro atoms. The van der Waals surface area contributed by atoms with Gasteiger partial charge < -0.3 is 9.73 Å².